The average molecular weight is 236 g/mol. The second kappa shape index (κ2) is 3.93. The van der Waals surface area contributed by atoms with E-state index in [1.807, 2.05) is 12.1 Å². The van der Waals surface area contributed by atoms with Crippen LogP contribution in [0.4, 0.5) is 5.69 Å². The van der Waals surface area contributed by atoms with Crippen molar-refractivity contribution >= 4 is 21.6 Å². The maximum Gasteiger partial charge on any atom is 0.0995 e. The van der Waals surface area contributed by atoms with Crippen LogP contribution in [0.5, 0.6) is 0 Å². The summed E-state index contributed by atoms with van der Waals surface area (Å²) in [5.74, 6) is 0. The SMILES string of the molecule is N#CCc1c(C#N)ccc(Br)c1N. The van der Waals surface area contributed by atoms with Crippen LogP contribution in [0.15, 0.2) is 16.6 Å². The lowest BCUT2D eigenvalue weighted by Gasteiger charge is -2.05. The Morgan fingerprint density at radius 3 is 2.62 bits per heavy atom. The lowest BCUT2D eigenvalue weighted by atomic mass is 10.0. The molecule has 2 N–H and O–H groups in total. The molecule has 1 aromatic carbocycles. The summed E-state index contributed by atoms with van der Waals surface area (Å²) in [4.78, 5) is 0. The Morgan fingerprint density at radius 2 is 2.08 bits per heavy atom. The number of benzene rings is 1. The minimum absolute atomic E-state index is 0.161. The van der Waals surface area contributed by atoms with Gasteiger partial charge in [0.25, 0.3) is 0 Å². The highest BCUT2D eigenvalue weighted by atomic mass is 79.9. The molecule has 0 fully saturated rings. The van der Waals surface area contributed by atoms with Gasteiger partial charge in [-0.1, -0.05) is 0 Å². The van der Waals surface area contributed by atoms with Crippen LogP contribution in [0.3, 0.4) is 0 Å². The first-order chi connectivity index (χ1) is 6.20. The number of hydrogen-bond donors (Lipinski definition) is 1. The minimum Gasteiger partial charge on any atom is -0.398 e. The van der Waals surface area contributed by atoms with Gasteiger partial charge in [-0.3, -0.25) is 0 Å². The van der Waals surface area contributed by atoms with E-state index >= 15 is 0 Å². The van der Waals surface area contributed by atoms with Gasteiger partial charge in [-0.2, -0.15) is 10.5 Å². The average Bonchev–Trinajstić information content (AvgIpc) is 2.14. The highest BCUT2D eigenvalue weighted by Gasteiger charge is 2.08. The maximum absolute atomic E-state index is 8.73. The van der Waals surface area contributed by atoms with Gasteiger partial charge < -0.3 is 5.73 Å². The summed E-state index contributed by atoms with van der Waals surface area (Å²) in [5, 5.41) is 17.3. The molecule has 13 heavy (non-hydrogen) atoms. The zero-order valence-electron chi connectivity index (χ0n) is 6.71. The Balaban J connectivity index is 3.36. The van der Waals surface area contributed by atoms with Gasteiger partial charge in [0.05, 0.1) is 29.8 Å². The molecule has 0 saturated heterocycles. The molecule has 0 bridgehead atoms. The summed E-state index contributed by atoms with van der Waals surface area (Å²) in [5.41, 5.74) is 7.23. The lowest BCUT2D eigenvalue weighted by Crippen LogP contribution is -1.98. The van der Waals surface area contributed by atoms with Crippen molar-refractivity contribution in [2.45, 2.75) is 6.42 Å². The fraction of sp³-hybridized carbons (Fsp3) is 0.111. The molecule has 0 aliphatic carbocycles. The molecule has 1 aromatic rings. The van der Waals surface area contributed by atoms with E-state index in [0.717, 1.165) is 4.47 Å². The Hall–Kier alpha value is -1.52. The first-order valence-corrected chi connectivity index (χ1v) is 4.34. The van der Waals surface area contributed by atoms with E-state index in [0.29, 0.717) is 16.8 Å². The van der Waals surface area contributed by atoms with E-state index < -0.39 is 0 Å². The standard InChI is InChI=1S/C9H6BrN3/c10-8-2-1-6(5-12)7(3-4-11)9(8)13/h1-2H,3,13H2. The van der Waals surface area contributed by atoms with Crippen molar-refractivity contribution in [2.24, 2.45) is 0 Å². The van der Waals surface area contributed by atoms with Gasteiger partial charge in [-0.25, -0.2) is 0 Å². The quantitative estimate of drug-likeness (QED) is 0.757. The topological polar surface area (TPSA) is 73.6 Å². The maximum atomic E-state index is 8.73. The van der Waals surface area contributed by atoms with E-state index in [2.05, 4.69) is 15.9 Å². The van der Waals surface area contributed by atoms with Crippen LogP contribution in [0.25, 0.3) is 0 Å². The van der Waals surface area contributed by atoms with Crippen LogP contribution in [-0.2, 0) is 6.42 Å². The fourth-order valence-corrected chi connectivity index (χ4v) is 1.38. The molecular formula is C9H6BrN3. The molecule has 0 heterocycles. The molecule has 1 rings (SSSR count). The molecule has 0 saturated carbocycles. The molecule has 0 aromatic heterocycles. The highest BCUT2D eigenvalue weighted by molar-refractivity contribution is 9.10. The van der Waals surface area contributed by atoms with Gasteiger partial charge in [0.15, 0.2) is 0 Å². The van der Waals surface area contributed by atoms with Gasteiger partial charge in [-0.05, 0) is 28.1 Å². The number of anilines is 1. The Morgan fingerprint density at radius 1 is 1.38 bits per heavy atom. The van der Waals surface area contributed by atoms with Crippen molar-refractivity contribution in [1.82, 2.24) is 0 Å². The van der Waals surface area contributed by atoms with Crippen LogP contribution < -0.4 is 5.73 Å². The van der Waals surface area contributed by atoms with Crippen molar-refractivity contribution in [2.75, 3.05) is 5.73 Å². The summed E-state index contributed by atoms with van der Waals surface area (Å²) in [7, 11) is 0. The van der Waals surface area contributed by atoms with E-state index in [1.165, 1.54) is 0 Å². The normalized spacial score (nSPS) is 8.85. The van der Waals surface area contributed by atoms with Gasteiger partial charge in [0.2, 0.25) is 0 Å². The zero-order valence-corrected chi connectivity index (χ0v) is 8.30. The van der Waals surface area contributed by atoms with Crippen molar-refractivity contribution < 1.29 is 0 Å². The van der Waals surface area contributed by atoms with Gasteiger partial charge in [0.1, 0.15) is 0 Å². The molecule has 0 spiro atoms. The van der Waals surface area contributed by atoms with E-state index in [-0.39, 0.29) is 6.42 Å². The molecular weight excluding hydrogens is 230 g/mol. The van der Waals surface area contributed by atoms with Gasteiger partial charge in [-0.15, -0.1) is 0 Å². The number of halogens is 1. The van der Waals surface area contributed by atoms with Crippen molar-refractivity contribution in [3.8, 4) is 12.1 Å². The summed E-state index contributed by atoms with van der Waals surface area (Å²) >= 11 is 3.24. The number of nitriles is 2. The molecule has 0 aliphatic rings. The van der Waals surface area contributed by atoms with E-state index in [4.69, 9.17) is 16.3 Å². The molecule has 0 unspecified atom stereocenters. The Bertz CT molecular complexity index is 412. The first kappa shape index (κ1) is 9.57. The molecule has 0 atom stereocenters. The van der Waals surface area contributed by atoms with Crippen LogP contribution in [0, 0.1) is 22.7 Å². The number of rotatable bonds is 1. The van der Waals surface area contributed by atoms with Crippen LogP contribution in [0.1, 0.15) is 11.1 Å². The number of nitrogens with zero attached hydrogens (tertiary/aromatic N) is 2. The summed E-state index contributed by atoms with van der Waals surface area (Å²) in [6.45, 7) is 0. The Kier molecular flexibility index (Phi) is 2.89. The minimum atomic E-state index is 0.161. The van der Waals surface area contributed by atoms with E-state index in [9.17, 15) is 0 Å². The van der Waals surface area contributed by atoms with Gasteiger partial charge >= 0.3 is 0 Å². The number of nitrogens with two attached hydrogens (primary N) is 1. The lowest BCUT2D eigenvalue weighted by molar-refractivity contribution is 1.24. The molecule has 3 nitrogen and oxygen atoms in total. The van der Waals surface area contributed by atoms with Crippen molar-refractivity contribution in [1.29, 1.82) is 10.5 Å². The molecule has 0 amide bonds. The third-order valence-electron chi connectivity index (χ3n) is 1.68. The summed E-state index contributed by atoms with van der Waals surface area (Å²) < 4.78 is 0.719. The summed E-state index contributed by atoms with van der Waals surface area (Å²) in [6, 6.07) is 7.32. The second-order valence-corrected chi connectivity index (χ2v) is 3.29. The molecule has 0 aliphatic heterocycles. The monoisotopic (exact) mass is 235 g/mol. The van der Waals surface area contributed by atoms with Crippen LogP contribution in [0.2, 0.25) is 0 Å². The zero-order chi connectivity index (χ0) is 9.84. The smallest absolute Gasteiger partial charge is 0.0995 e. The third-order valence-corrected chi connectivity index (χ3v) is 2.37. The summed E-state index contributed by atoms with van der Waals surface area (Å²) in [6.07, 6.45) is 0.161. The molecule has 0 radical (unpaired) electrons. The highest BCUT2D eigenvalue weighted by Crippen LogP contribution is 2.26. The Labute approximate surface area is 84.5 Å². The van der Waals surface area contributed by atoms with Crippen molar-refractivity contribution in [3.63, 3.8) is 0 Å². The largest absolute Gasteiger partial charge is 0.398 e. The third kappa shape index (κ3) is 1.80. The second-order valence-electron chi connectivity index (χ2n) is 2.43. The van der Waals surface area contributed by atoms with Gasteiger partial charge in [0, 0.05) is 10.0 Å². The molecule has 64 valence electrons. The molecule has 4 heteroatoms. The fourth-order valence-electron chi connectivity index (χ4n) is 1.01. The number of nitrogen functional groups attached to an aromatic ring is 1. The van der Waals surface area contributed by atoms with E-state index in [1.54, 1.807) is 12.1 Å². The first-order valence-electron chi connectivity index (χ1n) is 3.54. The predicted molar refractivity (Wildman–Crippen MR) is 52.6 cm³/mol. The predicted octanol–water partition coefficient (Wildman–Crippen LogP) is 1.97. The van der Waals surface area contributed by atoms with Crippen molar-refractivity contribution in [3.05, 3.63) is 27.7 Å². The number of hydrogen-bond acceptors (Lipinski definition) is 3. The van der Waals surface area contributed by atoms with Crippen LogP contribution >= 0.6 is 15.9 Å². The van der Waals surface area contributed by atoms with Crippen LogP contribution in [-0.4, -0.2) is 0 Å².